The Balaban J connectivity index is 1.41. The van der Waals surface area contributed by atoms with Gasteiger partial charge in [0, 0.05) is 25.4 Å². The van der Waals surface area contributed by atoms with Crippen molar-refractivity contribution in [1.82, 2.24) is 14.4 Å². The maximum absolute atomic E-state index is 12.2. The lowest BCUT2D eigenvalue weighted by Crippen LogP contribution is -2.39. The topological polar surface area (TPSA) is 76.3 Å². The molecule has 3 rings (SSSR count). The van der Waals surface area contributed by atoms with E-state index in [9.17, 15) is 8.42 Å². The molecule has 0 amide bonds. The Bertz CT molecular complexity index is 602. The maximum atomic E-state index is 12.2. The van der Waals surface area contributed by atoms with E-state index in [1.807, 2.05) is 6.92 Å². The van der Waals surface area contributed by atoms with Gasteiger partial charge in [0.15, 0.2) is 5.82 Å². The summed E-state index contributed by atoms with van der Waals surface area (Å²) < 4.78 is 31.4. The molecular formula is C16H27N3O3S. The number of nitrogens with zero attached hydrogens (tertiary/aromatic N) is 3. The molecule has 2 aliphatic rings. The van der Waals surface area contributed by atoms with Crippen molar-refractivity contribution in [2.24, 2.45) is 5.92 Å². The Kier molecular flexibility index (Phi) is 5.36. The molecule has 1 aromatic heterocycles. The van der Waals surface area contributed by atoms with Gasteiger partial charge in [0.05, 0.1) is 5.75 Å². The number of unbranched alkanes of at least 4 members (excludes halogenated alkanes) is 1. The fourth-order valence-corrected chi connectivity index (χ4v) is 4.81. The summed E-state index contributed by atoms with van der Waals surface area (Å²) in [5.74, 6) is 2.98. The van der Waals surface area contributed by atoms with Gasteiger partial charge in [-0.15, -0.1) is 0 Å². The zero-order valence-corrected chi connectivity index (χ0v) is 14.7. The lowest BCUT2D eigenvalue weighted by atomic mass is 9.93. The van der Waals surface area contributed by atoms with Crippen molar-refractivity contribution in [2.75, 3.05) is 18.8 Å². The summed E-state index contributed by atoms with van der Waals surface area (Å²) >= 11 is 0. The van der Waals surface area contributed by atoms with Crippen LogP contribution >= 0.6 is 0 Å². The first-order valence-electron chi connectivity index (χ1n) is 8.89. The summed E-state index contributed by atoms with van der Waals surface area (Å²) in [6.07, 6.45) is 7.76. The number of hydrogen-bond acceptors (Lipinski definition) is 5. The second-order valence-corrected chi connectivity index (χ2v) is 8.96. The van der Waals surface area contributed by atoms with E-state index < -0.39 is 10.0 Å². The second kappa shape index (κ2) is 7.30. The van der Waals surface area contributed by atoms with E-state index in [4.69, 9.17) is 4.52 Å². The third-order valence-electron chi connectivity index (χ3n) is 4.91. The first kappa shape index (κ1) is 16.9. The third-order valence-corrected chi connectivity index (χ3v) is 6.87. The van der Waals surface area contributed by atoms with Gasteiger partial charge >= 0.3 is 0 Å². The lowest BCUT2D eigenvalue weighted by Gasteiger charge is -2.31. The smallest absolute Gasteiger partial charge is 0.229 e. The van der Waals surface area contributed by atoms with Gasteiger partial charge in [0.25, 0.3) is 0 Å². The standard InChI is InChI=1S/C16H27N3O3S/c1-2-3-12-23(20,21)19-10-8-13(9-11-19)4-7-15-17-16(22-18-15)14-5-6-14/h13-14H,2-12H2,1H3. The number of sulfonamides is 1. The Morgan fingerprint density at radius 2 is 1.96 bits per heavy atom. The van der Waals surface area contributed by atoms with Gasteiger partial charge in [0.2, 0.25) is 15.9 Å². The fourth-order valence-electron chi connectivity index (χ4n) is 3.13. The number of aryl methyl sites for hydroxylation is 1. The van der Waals surface area contributed by atoms with Crippen molar-refractivity contribution < 1.29 is 12.9 Å². The molecule has 0 spiro atoms. The van der Waals surface area contributed by atoms with Gasteiger partial charge in [-0.2, -0.15) is 4.98 Å². The van der Waals surface area contributed by atoms with Crippen molar-refractivity contribution in [2.45, 2.75) is 64.2 Å². The Morgan fingerprint density at radius 1 is 1.22 bits per heavy atom. The molecule has 1 aliphatic heterocycles. The van der Waals surface area contributed by atoms with Crippen LogP contribution < -0.4 is 0 Å². The first-order valence-corrected chi connectivity index (χ1v) is 10.5. The van der Waals surface area contributed by atoms with Crippen molar-refractivity contribution >= 4 is 10.0 Å². The van der Waals surface area contributed by atoms with Crippen LogP contribution in [0.1, 0.15) is 69.5 Å². The molecule has 130 valence electrons. The summed E-state index contributed by atoms with van der Waals surface area (Å²) in [7, 11) is -3.04. The van der Waals surface area contributed by atoms with E-state index >= 15 is 0 Å². The molecule has 0 atom stereocenters. The van der Waals surface area contributed by atoms with Gasteiger partial charge in [0.1, 0.15) is 0 Å². The minimum atomic E-state index is -3.04. The molecule has 1 saturated carbocycles. The summed E-state index contributed by atoms with van der Waals surface area (Å²) in [6, 6.07) is 0. The molecule has 1 saturated heterocycles. The maximum Gasteiger partial charge on any atom is 0.229 e. The van der Waals surface area contributed by atoms with Crippen molar-refractivity contribution in [3.8, 4) is 0 Å². The second-order valence-electron chi connectivity index (χ2n) is 6.87. The summed E-state index contributed by atoms with van der Waals surface area (Å²) in [5.41, 5.74) is 0. The molecule has 0 N–H and O–H groups in total. The van der Waals surface area contributed by atoms with E-state index in [1.54, 1.807) is 4.31 Å². The monoisotopic (exact) mass is 341 g/mol. The van der Waals surface area contributed by atoms with Crippen LogP contribution in [-0.2, 0) is 16.4 Å². The van der Waals surface area contributed by atoms with Crippen LogP contribution in [0.4, 0.5) is 0 Å². The van der Waals surface area contributed by atoms with Gasteiger partial charge in [-0.05, 0) is 44.4 Å². The molecular weight excluding hydrogens is 314 g/mol. The highest BCUT2D eigenvalue weighted by Crippen LogP contribution is 2.39. The van der Waals surface area contributed by atoms with Crippen LogP contribution in [0.2, 0.25) is 0 Å². The van der Waals surface area contributed by atoms with Crippen LogP contribution in [0.3, 0.4) is 0 Å². The van der Waals surface area contributed by atoms with E-state index in [1.165, 1.54) is 12.8 Å². The number of hydrogen-bond donors (Lipinski definition) is 0. The third kappa shape index (κ3) is 4.53. The average Bonchev–Trinajstić information content (AvgIpc) is 3.30. The van der Waals surface area contributed by atoms with Crippen LogP contribution in [0.5, 0.6) is 0 Å². The predicted octanol–water partition coefficient (Wildman–Crippen LogP) is 2.72. The highest BCUT2D eigenvalue weighted by molar-refractivity contribution is 7.89. The minimum Gasteiger partial charge on any atom is -0.339 e. The van der Waals surface area contributed by atoms with Crippen LogP contribution in [0, 0.1) is 5.92 Å². The van der Waals surface area contributed by atoms with Crippen LogP contribution in [0.25, 0.3) is 0 Å². The SMILES string of the molecule is CCCCS(=O)(=O)N1CCC(CCc2noc(C3CC3)n2)CC1. The largest absolute Gasteiger partial charge is 0.339 e. The van der Waals surface area contributed by atoms with Gasteiger partial charge in [-0.3, -0.25) is 0 Å². The summed E-state index contributed by atoms with van der Waals surface area (Å²) in [5, 5.41) is 4.06. The molecule has 1 aromatic rings. The normalized spacial score (nSPS) is 20.9. The summed E-state index contributed by atoms with van der Waals surface area (Å²) in [6.45, 7) is 3.35. The first-order chi connectivity index (χ1) is 11.1. The highest BCUT2D eigenvalue weighted by Gasteiger charge is 2.30. The molecule has 0 radical (unpaired) electrons. The summed E-state index contributed by atoms with van der Waals surface area (Å²) in [4.78, 5) is 4.46. The lowest BCUT2D eigenvalue weighted by molar-refractivity contribution is 0.262. The molecule has 0 aromatic carbocycles. The average molecular weight is 341 g/mol. The van der Waals surface area contributed by atoms with Crippen molar-refractivity contribution in [3.63, 3.8) is 0 Å². The van der Waals surface area contributed by atoms with Crippen LogP contribution in [0.15, 0.2) is 4.52 Å². The predicted molar refractivity (Wildman–Crippen MR) is 87.6 cm³/mol. The van der Waals surface area contributed by atoms with Crippen molar-refractivity contribution in [1.29, 1.82) is 0 Å². The molecule has 1 aliphatic carbocycles. The number of piperidine rings is 1. The number of rotatable bonds is 8. The zero-order valence-electron chi connectivity index (χ0n) is 13.9. The molecule has 2 heterocycles. The minimum absolute atomic E-state index is 0.293. The van der Waals surface area contributed by atoms with E-state index in [0.717, 1.165) is 50.2 Å². The quantitative estimate of drug-likeness (QED) is 0.726. The fraction of sp³-hybridized carbons (Fsp3) is 0.875. The molecule has 6 nitrogen and oxygen atoms in total. The molecule has 7 heteroatoms. The van der Waals surface area contributed by atoms with Gasteiger partial charge < -0.3 is 4.52 Å². The zero-order chi connectivity index (χ0) is 16.3. The Labute approximate surface area is 138 Å². The molecule has 0 unspecified atom stereocenters. The van der Waals surface area contributed by atoms with Crippen molar-refractivity contribution in [3.05, 3.63) is 11.7 Å². The van der Waals surface area contributed by atoms with E-state index in [2.05, 4.69) is 10.1 Å². The van der Waals surface area contributed by atoms with E-state index in [0.29, 0.717) is 30.7 Å². The van der Waals surface area contributed by atoms with Gasteiger partial charge in [-0.1, -0.05) is 18.5 Å². The molecule has 0 bridgehead atoms. The van der Waals surface area contributed by atoms with Crippen LogP contribution in [-0.4, -0.2) is 41.7 Å². The molecule has 2 fully saturated rings. The van der Waals surface area contributed by atoms with Gasteiger partial charge in [-0.25, -0.2) is 12.7 Å². The Morgan fingerprint density at radius 3 is 2.61 bits per heavy atom. The number of aromatic nitrogens is 2. The Hall–Kier alpha value is -0.950. The highest BCUT2D eigenvalue weighted by atomic mass is 32.2. The molecule has 23 heavy (non-hydrogen) atoms. The van der Waals surface area contributed by atoms with E-state index in [-0.39, 0.29) is 0 Å².